The molecule has 1 amide bonds. The van der Waals surface area contributed by atoms with E-state index in [-0.39, 0.29) is 5.91 Å². The number of hydrogen-bond acceptors (Lipinski definition) is 5. The van der Waals surface area contributed by atoms with Gasteiger partial charge in [0, 0.05) is 31.1 Å². The van der Waals surface area contributed by atoms with Gasteiger partial charge in [0.15, 0.2) is 0 Å². The Morgan fingerprint density at radius 3 is 2.80 bits per heavy atom. The van der Waals surface area contributed by atoms with E-state index in [0.717, 1.165) is 30.0 Å². The fraction of sp³-hybridized carbons (Fsp3) is 0.263. The summed E-state index contributed by atoms with van der Waals surface area (Å²) in [6.07, 6.45) is 0. The van der Waals surface area contributed by atoms with Crippen LogP contribution in [0.4, 0.5) is 0 Å². The maximum Gasteiger partial charge on any atom is 0.251 e. The second kappa shape index (κ2) is 7.79. The first-order chi connectivity index (χ1) is 12.2. The fourth-order valence-electron chi connectivity index (χ4n) is 2.91. The van der Waals surface area contributed by atoms with Gasteiger partial charge in [-0.3, -0.25) is 15.6 Å². The smallest absolute Gasteiger partial charge is 0.251 e. The van der Waals surface area contributed by atoms with Crippen LogP contribution in [0.3, 0.4) is 0 Å². The molecule has 2 aromatic rings. The summed E-state index contributed by atoms with van der Waals surface area (Å²) in [7, 11) is 1.61. The number of nitrogens with one attached hydrogen (secondary N) is 3. The van der Waals surface area contributed by atoms with E-state index in [4.69, 9.17) is 10.00 Å². The molecule has 6 heteroatoms. The van der Waals surface area contributed by atoms with Gasteiger partial charge >= 0.3 is 0 Å². The third-order valence-electron chi connectivity index (χ3n) is 4.27. The van der Waals surface area contributed by atoms with Crippen LogP contribution in [0.1, 0.15) is 33.0 Å². The minimum Gasteiger partial charge on any atom is -0.496 e. The lowest BCUT2D eigenvalue weighted by Crippen LogP contribution is -2.23. The number of amides is 1. The molecule has 0 aromatic heterocycles. The van der Waals surface area contributed by atoms with Crippen LogP contribution in [0.25, 0.3) is 0 Å². The van der Waals surface area contributed by atoms with Crippen molar-refractivity contribution >= 4 is 5.91 Å². The number of carbonyl (C=O) groups is 1. The molecule has 1 saturated heterocycles. The van der Waals surface area contributed by atoms with Crippen molar-refractivity contribution in [3.05, 3.63) is 64.7 Å². The molecular formula is C19H20N4O2. The lowest BCUT2D eigenvalue weighted by Gasteiger charge is -2.15. The molecule has 0 spiro atoms. The molecule has 0 saturated carbocycles. The Labute approximate surface area is 146 Å². The molecule has 1 aliphatic rings. The zero-order chi connectivity index (χ0) is 17.6. The zero-order valence-corrected chi connectivity index (χ0v) is 14.0. The minimum atomic E-state index is -0.171. The van der Waals surface area contributed by atoms with Crippen molar-refractivity contribution in [1.82, 2.24) is 16.2 Å². The third-order valence-corrected chi connectivity index (χ3v) is 4.27. The summed E-state index contributed by atoms with van der Waals surface area (Å²) < 4.78 is 5.47. The number of hydrogen-bond donors (Lipinski definition) is 3. The van der Waals surface area contributed by atoms with Gasteiger partial charge in [0.25, 0.3) is 5.91 Å². The number of nitriles is 1. The highest BCUT2D eigenvalue weighted by molar-refractivity contribution is 5.94. The molecule has 1 fully saturated rings. The summed E-state index contributed by atoms with van der Waals surface area (Å²) in [5.74, 6) is 0.866. The fourth-order valence-corrected chi connectivity index (χ4v) is 2.91. The molecule has 6 nitrogen and oxygen atoms in total. The highest BCUT2D eigenvalue weighted by Crippen LogP contribution is 2.28. The average Bonchev–Trinajstić information content (AvgIpc) is 3.20. The zero-order valence-electron chi connectivity index (χ0n) is 14.0. The van der Waals surface area contributed by atoms with Crippen LogP contribution in [0.2, 0.25) is 0 Å². The molecule has 3 N–H and O–H groups in total. The summed E-state index contributed by atoms with van der Waals surface area (Å²) in [6, 6.07) is 14.8. The van der Waals surface area contributed by atoms with Gasteiger partial charge in [0.1, 0.15) is 5.75 Å². The van der Waals surface area contributed by atoms with Gasteiger partial charge in [-0.2, -0.15) is 5.26 Å². The molecule has 0 aliphatic carbocycles. The minimum absolute atomic E-state index is 0.171. The third kappa shape index (κ3) is 3.97. The van der Waals surface area contributed by atoms with E-state index in [0.29, 0.717) is 23.6 Å². The van der Waals surface area contributed by atoms with Crippen molar-refractivity contribution in [2.75, 3.05) is 20.2 Å². The topological polar surface area (TPSA) is 86.2 Å². The van der Waals surface area contributed by atoms with Crippen molar-refractivity contribution in [1.29, 1.82) is 5.26 Å². The van der Waals surface area contributed by atoms with Crippen LogP contribution < -0.4 is 20.9 Å². The van der Waals surface area contributed by atoms with Gasteiger partial charge in [-0.15, -0.1) is 0 Å². The number of rotatable bonds is 5. The molecule has 0 bridgehead atoms. The van der Waals surface area contributed by atoms with Crippen molar-refractivity contribution in [2.24, 2.45) is 0 Å². The molecule has 0 atom stereocenters. The van der Waals surface area contributed by atoms with Crippen molar-refractivity contribution in [2.45, 2.75) is 12.5 Å². The van der Waals surface area contributed by atoms with Crippen molar-refractivity contribution in [3.8, 4) is 11.8 Å². The van der Waals surface area contributed by atoms with Gasteiger partial charge in [0.05, 0.1) is 18.7 Å². The van der Waals surface area contributed by atoms with E-state index >= 15 is 0 Å². The average molecular weight is 336 g/mol. The largest absolute Gasteiger partial charge is 0.496 e. The number of hydrazine groups is 1. The normalized spacial score (nSPS) is 14.1. The first kappa shape index (κ1) is 17.0. The predicted molar refractivity (Wildman–Crippen MR) is 94.1 cm³/mol. The van der Waals surface area contributed by atoms with Gasteiger partial charge < -0.3 is 10.1 Å². The molecule has 3 rings (SSSR count). The van der Waals surface area contributed by atoms with E-state index in [9.17, 15) is 4.79 Å². The second-order valence-electron chi connectivity index (χ2n) is 5.91. The summed E-state index contributed by atoms with van der Waals surface area (Å²) in [5.41, 5.74) is 9.30. The molecule has 25 heavy (non-hydrogen) atoms. The van der Waals surface area contributed by atoms with E-state index in [2.05, 4.69) is 22.2 Å². The van der Waals surface area contributed by atoms with Crippen molar-refractivity contribution in [3.63, 3.8) is 0 Å². The Morgan fingerprint density at radius 1 is 1.28 bits per heavy atom. The van der Waals surface area contributed by atoms with Gasteiger partial charge in [-0.05, 0) is 35.4 Å². The number of nitrogens with zero attached hydrogens (tertiary/aromatic N) is 1. The van der Waals surface area contributed by atoms with E-state index in [1.165, 1.54) is 0 Å². The van der Waals surface area contributed by atoms with Crippen LogP contribution in [0.5, 0.6) is 5.75 Å². The summed E-state index contributed by atoms with van der Waals surface area (Å²) in [4.78, 5) is 12.4. The van der Waals surface area contributed by atoms with Crippen molar-refractivity contribution < 1.29 is 9.53 Å². The highest BCUT2D eigenvalue weighted by atomic mass is 16.5. The standard InChI is InChI=1S/C19H20N4O2/c1-25-18-8-15(5-6-17(18)16-11-22-23-12-16)19(24)21-10-14-4-2-3-13(7-14)9-20/h2-8,16,22-23H,10-12H2,1H3,(H,21,24). The van der Waals surface area contributed by atoms with Gasteiger partial charge in [-0.1, -0.05) is 18.2 Å². The summed E-state index contributed by atoms with van der Waals surface area (Å²) in [6.45, 7) is 2.03. The van der Waals surface area contributed by atoms with E-state index in [1.54, 1.807) is 25.3 Å². The lowest BCUT2D eigenvalue weighted by atomic mass is 9.97. The molecule has 1 heterocycles. The Bertz CT molecular complexity index is 807. The Balaban J connectivity index is 1.70. The SMILES string of the molecule is COc1cc(C(=O)NCc2cccc(C#N)c2)ccc1C1CNNC1. The number of carbonyl (C=O) groups excluding carboxylic acids is 1. The summed E-state index contributed by atoms with van der Waals surface area (Å²) >= 11 is 0. The first-order valence-corrected chi connectivity index (χ1v) is 8.12. The Kier molecular flexibility index (Phi) is 5.29. The quantitative estimate of drug-likeness (QED) is 0.773. The Hall–Kier alpha value is -2.88. The van der Waals surface area contributed by atoms with Gasteiger partial charge in [-0.25, -0.2) is 0 Å². The summed E-state index contributed by atoms with van der Waals surface area (Å²) in [5, 5.41) is 11.8. The van der Waals surface area contributed by atoms with Crippen LogP contribution in [0, 0.1) is 11.3 Å². The van der Waals surface area contributed by atoms with Crippen LogP contribution >= 0.6 is 0 Å². The van der Waals surface area contributed by atoms with Gasteiger partial charge in [0.2, 0.25) is 0 Å². The van der Waals surface area contributed by atoms with Crippen LogP contribution in [-0.4, -0.2) is 26.1 Å². The molecule has 0 unspecified atom stereocenters. The number of ether oxygens (including phenoxy) is 1. The number of methoxy groups -OCH3 is 1. The monoisotopic (exact) mass is 336 g/mol. The molecule has 0 radical (unpaired) electrons. The maximum absolute atomic E-state index is 12.4. The number of benzene rings is 2. The molecular weight excluding hydrogens is 316 g/mol. The molecule has 1 aliphatic heterocycles. The predicted octanol–water partition coefficient (Wildman–Crippen LogP) is 1.69. The first-order valence-electron chi connectivity index (χ1n) is 8.12. The molecule has 2 aromatic carbocycles. The highest BCUT2D eigenvalue weighted by Gasteiger charge is 2.21. The second-order valence-corrected chi connectivity index (χ2v) is 5.91. The van der Waals surface area contributed by atoms with E-state index in [1.807, 2.05) is 24.3 Å². The van der Waals surface area contributed by atoms with E-state index < -0.39 is 0 Å². The molecule has 128 valence electrons. The Morgan fingerprint density at radius 2 is 2.08 bits per heavy atom. The van der Waals surface area contributed by atoms with Crippen LogP contribution in [0.15, 0.2) is 42.5 Å². The maximum atomic E-state index is 12.4. The van der Waals surface area contributed by atoms with Crippen LogP contribution in [-0.2, 0) is 6.54 Å². The lowest BCUT2D eigenvalue weighted by molar-refractivity contribution is 0.0950.